The number of benzene rings is 2. The lowest BCUT2D eigenvalue weighted by Gasteiger charge is -2.29. The number of aromatic nitrogens is 3. The van der Waals surface area contributed by atoms with Crippen LogP contribution in [-0.2, 0) is 11.3 Å². The molecule has 2 aromatic carbocycles. The number of halogens is 1. The highest BCUT2D eigenvalue weighted by molar-refractivity contribution is 5.60. The molecule has 5 rings (SSSR count). The second kappa shape index (κ2) is 9.88. The third-order valence-corrected chi connectivity index (χ3v) is 5.63. The van der Waals surface area contributed by atoms with Gasteiger partial charge < -0.3 is 23.5 Å². The van der Waals surface area contributed by atoms with Gasteiger partial charge in [0.05, 0.1) is 25.3 Å². The van der Waals surface area contributed by atoms with Crippen LogP contribution in [0.1, 0.15) is 5.56 Å². The molecule has 0 unspecified atom stereocenters. The first kappa shape index (κ1) is 21.8. The molecule has 1 aliphatic rings. The molecular weight excluding hydrogens is 439 g/mol. The minimum atomic E-state index is -0.890. The van der Waals surface area contributed by atoms with Crippen LogP contribution in [0, 0.1) is 0 Å². The maximum absolute atomic E-state index is 12.5. The van der Waals surface area contributed by atoms with Gasteiger partial charge >= 0.3 is 0 Å². The van der Waals surface area contributed by atoms with Crippen molar-refractivity contribution >= 4 is 5.69 Å². The SMILES string of the molecule is O=c1ccc(-c2nc(-c3ccc(OCF)cc3)no2)cn1Cc1cccc(N2CCOCC2)c1. The van der Waals surface area contributed by atoms with Crippen molar-refractivity contribution in [1.29, 1.82) is 0 Å². The highest BCUT2D eigenvalue weighted by Gasteiger charge is 2.14. The van der Waals surface area contributed by atoms with Crippen LogP contribution in [0.25, 0.3) is 22.8 Å². The maximum atomic E-state index is 12.5. The van der Waals surface area contributed by atoms with Crippen LogP contribution in [0.15, 0.2) is 76.2 Å². The number of ether oxygens (including phenoxy) is 2. The minimum absolute atomic E-state index is 0.122. The van der Waals surface area contributed by atoms with E-state index < -0.39 is 6.86 Å². The first-order chi connectivity index (χ1) is 16.7. The van der Waals surface area contributed by atoms with Crippen molar-refractivity contribution in [2.45, 2.75) is 6.54 Å². The molecule has 8 nitrogen and oxygen atoms in total. The van der Waals surface area contributed by atoms with Crippen molar-refractivity contribution in [2.24, 2.45) is 0 Å². The normalized spacial score (nSPS) is 13.7. The Kier molecular flexibility index (Phi) is 6.35. The first-order valence-electron chi connectivity index (χ1n) is 10.9. The summed E-state index contributed by atoms with van der Waals surface area (Å²) in [5.41, 5.74) is 3.36. The lowest BCUT2D eigenvalue weighted by atomic mass is 10.1. The molecule has 1 fully saturated rings. The summed E-state index contributed by atoms with van der Waals surface area (Å²) < 4.78 is 29.6. The zero-order chi connectivity index (χ0) is 23.3. The van der Waals surface area contributed by atoms with E-state index in [0.29, 0.717) is 48.4 Å². The molecule has 1 aliphatic heterocycles. The van der Waals surface area contributed by atoms with Crippen molar-refractivity contribution in [3.63, 3.8) is 0 Å². The summed E-state index contributed by atoms with van der Waals surface area (Å²) in [6.07, 6.45) is 1.72. The Bertz CT molecular complexity index is 1310. The lowest BCUT2D eigenvalue weighted by molar-refractivity contribution is 0.122. The highest BCUT2D eigenvalue weighted by Crippen LogP contribution is 2.24. The Morgan fingerprint density at radius 2 is 1.79 bits per heavy atom. The molecule has 9 heteroatoms. The molecule has 34 heavy (non-hydrogen) atoms. The summed E-state index contributed by atoms with van der Waals surface area (Å²) >= 11 is 0. The van der Waals surface area contributed by atoms with E-state index in [2.05, 4.69) is 27.2 Å². The number of alkyl halides is 1. The number of rotatable bonds is 7. The van der Waals surface area contributed by atoms with E-state index in [1.54, 1.807) is 41.1 Å². The van der Waals surface area contributed by atoms with Crippen LogP contribution >= 0.6 is 0 Å². The van der Waals surface area contributed by atoms with E-state index in [1.165, 1.54) is 6.07 Å². The molecule has 0 saturated carbocycles. The molecule has 1 saturated heterocycles. The van der Waals surface area contributed by atoms with Gasteiger partial charge in [0, 0.05) is 36.6 Å². The minimum Gasteiger partial charge on any atom is -0.463 e. The van der Waals surface area contributed by atoms with Crippen LogP contribution in [0.4, 0.5) is 10.1 Å². The van der Waals surface area contributed by atoms with Crippen molar-refractivity contribution in [3.05, 3.63) is 82.8 Å². The Balaban J connectivity index is 1.36. The van der Waals surface area contributed by atoms with Gasteiger partial charge in [-0.15, -0.1) is 0 Å². The molecule has 174 valence electrons. The number of anilines is 1. The predicted molar refractivity (Wildman–Crippen MR) is 125 cm³/mol. The average Bonchev–Trinajstić information content (AvgIpc) is 3.37. The van der Waals surface area contributed by atoms with Gasteiger partial charge in [-0.2, -0.15) is 4.98 Å². The Morgan fingerprint density at radius 3 is 2.59 bits per heavy atom. The highest BCUT2D eigenvalue weighted by atomic mass is 19.1. The number of pyridine rings is 1. The smallest absolute Gasteiger partial charge is 0.259 e. The molecular formula is C25H23FN4O4. The molecule has 0 bridgehead atoms. The van der Waals surface area contributed by atoms with E-state index in [4.69, 9.17) is 14.0 Å². The lowest BCUT2D eigenvalue weighted by Crippen LogP contribution is -2.36. The fourth-order valence-corrected chi connectivity index (χ4v) is 3.87. The second-order valence-electron chi connectivity index (χ2n) is 7.85. The molecule has 2 aromatic heterocycles. The second-order valence-corrected chi connectivity index (χ2v) is 7.85. The molecule has 0 amide bonds. The third-order valence-electron chi connectivity index (χ3n) is 5.63. The Morgan fingerprint density at radius 1 is 1.00 bits per heavy atom. The maximum Gasteiger partial charge on any atom is 0.259 e. The van der Waals surface area contributed by atoms with Gasteiger partial charge in [0.1, 0.15) is 5.75 Å². The van der Waals surface area contributed by atoms with Crippen molar-refractivity contribution in [3.8, 4) is 28.6 Å². The fourth-order valence-electron chi connectivity index (χ4n) is 3.87. The summed E-state index contributed by atoms with van der Waals surface area (Å²) in [5, 5.41) is 4.03. The number of nitrogens with zero attached hydrogens (tertiary/aromatic N) is 4. The van der Waals surface area contributed by atoms with Gasteiger partial charge in [0.25, 0.3) is 11.4 Å². The van der Waals surface area contributed by atoms with Gasteiger partial charge in [-0.3, -0.25) is 4.79 Å². The predicted octanol–water partition coefficient (Wildman–Crippen LogP) is 3.76. The molecule has 0 radical (unpaired) electrons. The van der Waals surface area contributed by atoms with Gasteiger partial charge in [-0.05, 0) is 48.0 Å². The number of hydrogen-bond acceptors (Lipinski definition) is 7. The zero-order valence-corrected chi connectivity index (χ0v) is 18.4. The fraction of sp³-hybridized carbons (Fsp3) is 0.240. The van der Waals surface area contributed by atoms with Crippen molar-refractivity contribution in [1.82, 2.24) is 14.7 Å². The molecule has 4 aromatic rings. The van der Waals surface area contributed by atoms with E-state index >= 15 is 0 Å². The van der Waals surface area contributed by atoms with Crippen LogP contribution in [-0.4, -0.2) is 47.9 Å². The first-order valence-corrected chi connectivity index (χ1v) is 10.9. The molecule has 3 heterocycles. The van der Waals surface area contributed by atoms with E-state index in [1.807, 2.05) is 12.1 Å². The van der Waals surface area contributed by atoms with Gasteiger partial charge in [-0.1, -0.05) is 17.3 Å². The van der Waals surface area contributed by atoms with Crippen molar-refractivity contribution < 1.29 is 18.4 Å². The topological polar surface area (TPSA) is 82.6 Å². The molecule has 0 aliphatic carbocycles. The van der Waals surface area contributed by atoms with Crippen molar-refractivity contribution in [2.75, 3.05) is 38.1 Å². The zero-order valence-electron chi connectivity index (χ0n) is 18.4. The van der Waals surface area contributed by atoms with Crippen LogP contribution in [0.2, 0.25) is 0 Å². The number of hydrogen-bond donors (Lipinski definition) is 0. The quantitative estimate of drug-likeness (QED) is 0.414. The summed E-state index contributed by atoms with van der Waals surface area (Å²) in [4.78, 5) is 19.3. The monoisotopic (exact) mass is 462 g/mol. The molecule has 0 N–H and O–H groups in total. The van der Waals surface area contributed by atoms with Gasteiger partial charge in [-0.25, -0.2) is 4.39 Å². The largest absolute Gasteiger partial charge is 0.463 e. The number of morpholine rings is 1. The van der Waals surface area contributed by atoms with E-state index in [0.717, 1.165) is 24.3 Å². The summed E-state index contributed by atoms with van der Waals surface area (Å²) in [7, 11) is 0. The Labute approximate surface area is 195 Å². The molecule has 0 atom stereocenters. The molecule has 0 spiro atoms. The third kappa shape index (κ3) is 4.84. The summed E-state index contributed by atoms with van der Waals surface area (Å²) in [6, 6.07) is 18.1. The van der Waals surface area contributed by atoms with E-state index in [9.17, 15) is 9.18 Å². The van der Waals surface area contributed by atoms with E-state index in [-0.39, 0.29) is 5.56 Å². The summed E-state index contributed by atoms with van der Waals surface area (Å²) in [6.45, 7) is 2.66. The van der Waals surface area contributed by atoms with Crippen LogP contribution in [0.3, 0.4) is 0 Å². The van der Waals surface area contributed by atoms with Gasteiger partial charge in [0.15, 0.2) is 0 Å². The Hall–Kier alpha value is -3.98. The van der Waals surface area contributed by atoms with Gasteiger partial charge in [0.2, 0.25) is 12.7 Å². The standard InChI is InChI=1S/C25H23FN4O4/c26-17-33-22-7-4-19(5-8-22)24-27-25(34-28-24)20-6-9-23(31)30(16-20)15-18-2-1-3-21(14-18)29-10-12-32-13-11-29/h1-9,14,16H,10-13,15,17H2. The average molecular weight is 462 g/mol. The summed E-state index contributed by atoms with van der Waals surface area (Å²) in [5.74, 6) is 1.10. The van der Waals surface area contributed by atoms with Crippen LogP contribution in [0.5, 0.6) is 5.75 Å². The van der Waals surface area contributed by atoms with Crippen LogP contribution < -0.4 is 15.2 Å².